The molecule has 1 amide bonds. The fourth-order valence-electron chi connectivity index (χ4n) is 2.35. The molecule has 1 N–H and O–H groups in total. The van der Waals surface area contributed by atoms with Gasteiger partial charge in [0.1, 0.15) is 5.75 Å². The summed E-state index contributed by atoms with van der Waals surface area (Å²) in [5.74, 6) is 1.16. The van der Waals surface area contributed by atoms with Gasteiger partial charge in [-0.25, -0.2) is 0 Å². The number of fused-ring (bicyclic) bond motifs is 1. The third-order valence-electron chi connectivity index (χ3n) is 3.48. The van der Waals surface area contributed by atoms with Gasteiger partial charge in [0, 0.05) is 26.1 Å². The smallest absolute Gasteiger partial charge is 0.236 e. The summed E-state index contributed by atoms with van der Waals surface area (Å²) in [4.78, 5) is 13.7. The van der Waals surface area contributed by atoms with Crippen LogP contribution >= 0.6 is 0 Å². The zero-order valence-corrected chi connectivity index (χ0v) is 11.7. The van der Waals surface area contributed by atoms with E-state index in [0.717, 1.165) is 38.4 Å². The molecule has 0 atom stereocenters. The van der Waals surface area contributed by atoms with Crippen molar-refractivity contribution >= 4 is 5.91 Å². The number of rotatable bonds is 6. The van der Waals surface area contributed by atoms with E-state index in [1.807, 2.05) is 24.8 Å². The standard InChI is InChI=1S/C15H22N2O2/c1-3-17(4-2)15(18)11-16-10-12-5-6-14-13(9-12)7-8-19-14/h5-6,9,16H,3-4,7-8,10-11H2,1-2H3. The Hall–Kier alpha value is -1.55. The molecule has 1 aliphatic rings. The first-order valence-electron chi connectivity index (χ1n) is 6.97. The summed E-state index contributed by atoms with van der Waals surface area (Å²) in [7, 11) is 0. The summed E-state index contributed by atoms with van der Waals surface area (Å²) in [6.07, 6.45) is 0.988. The highest BCUT2D eigenvalue weighted by Crippen LogP contribution is 2.25. The molecule has 0 unspecified atom stereocenters. The molecule has 0 saturated carbocycles. The second kappa shape index (κ2) is 6.57. The minimum absolute atomic E-state index is 0.162. The van der Waals surface area contributed by atoms with Crippen LogP contribution in [-0.2, 0) is 17.8 Å². The summed E-state index contributed by atoms with van der Waals surface area (Å²) in [6.45, 7) is 7.45. The normalized spacial score (nSPS) is 12.9. The lowest BCUT2D eigenvalue weighted by Gasteiger charge is -2.18. The lowest BCUT2D eigenvalue weighted by atomic mass is 10.1. The van der Waals surface area contributed by atoms with Crippen molar-refractivity contribution in [1.29, 1.82) is 0 Å². The molecule has 0 bridgehead atoms. The van der Waals surface area contributed by atoms with Crippen LogP contribution in [0, 0.1) is 0 Å². The number of hydrogen-bond acceptors (Lipinski definition) is 3. The van der Waals surface area contributed by atoms with Crippen LogP contribution in [0.25, 0.3) is 0 Å². The van der Waals surface area contributed by atoms with Crippen molar-refractivity contribution < 1.29 is 9.53 Å². The van der Waals surface area contributed by atoms with Crippen molar-refractivity contribution in [1.82, 2.24) is 10.2 Å². The number of nitrogens with one attached hydrogen (secondary N) is 1. The largest absolute Gasteiger partial charge is 0.493 e. The van der Waals surface area contributed by atoms with Gasteiger partial charge in [0.15, 0.2) is 0 Å². The van der Waals surface area contributed by atoms with Gasteiger partial charge in [0.05, 0.1) is 13.2 Å². The molecule has 1 aromatic carbocycles. The first-order valence-corrected chi connectivity index (χ1v) is 6.97. The van der Waals surface area contributed by atoms with E-state index in [2.05, 4.69) is 17.4 Å². The van der Waals surface area contributed by atoms with Gasteiger partial charge < -0.3 is 15.0 Å². The highest BCUT2D eigenvalue weighted by molar-refractivity contribution is 5.78. The molecular weight excluding hydrogens is 240 g/mol. The Morgan fingerprint density at radius 3 is 2.89 bits per heavy atom. The summed E-state index contributed by atoms with van der Waals surface area (Å²) >= 11 is 0. The van der Waals surface area contributed by atoms with Gasteiger partial charge in [-0.05, 0) is 31.0 Å². The van der Waals surface area contributed by atoms with Crippen LogP contribution in [0.4, 0.5) is 0 Å². The Kier molecular flexibility index (Phi) is 4.80. The van der Waals surface area contributed by atoms with E-state index >= 15 is 0 Å². The maximum atomic E-state index is 11.8. The van der Waals surface area contributed by atoms with Gasteiger partial charge in [-0.2, -0.15) is 0 Å². The number of amides is 1. The molecule has 0 spiro atoms. The molecule has 104 valence electrons. The van der Waals surface area contributed by atoms with E-state index in [0.29, 0.717) is 6.54 Å². The van der Waals surface area contributed by atoms with Gasteiger partial charge in [0.25, 0.3) is 0 Å². The van der Waals surface area contributed by atoms with Gasteiger partial charge in [-0.15, -0.1) is 0 Å². The topological polar surface area (TPSA) is 41.6 Å². The van der Waals surface area contributed by atoms with Crippen LogP contribution < -0.4 is 10.1 Å². The third-order valence-corrected chi connectivity index (χ3v) is 3.48. The maximum Gasteiger partial charge on any atom is 0.236 e. The number of hydrogen-bond donors (Lipinski definition) is 1. The number of carbonyl (C=O) groups is 1. The van der Waals surface area contributed by atoms with Crippen molar-refractivity contribution in [3.8, 4) is 5.75 Å². The number of nitrogens with zero attached hydrogens (tertiary/aromatic N) is 1. The summed E-state index contributed by atoms with van der Waals surface area (Å²) in [5, 5.41) is 3.21. The molecule has 4 nitrogen and oxygen atoms in total. The zero-order valence-electron chi connectivity index (χ0n) is 11.7. The van der Waals surface area contributed by atoms with E-state index in [1.165, 1.54) is 11.1 Å². The Morgan fingerprint density at radius 1 is 1.37 bits per heavy atom. The molecule has 2 rings (SSSR count). The van der Waals surface area contributed by atoms with Crippen molar-refractivity contribution in [2.75, 3.05) is 26.2 Å². The molecule has 0 fully saturated rings. The van der Waals surface area contributed by atoms with Crippen molar-refractivity contribution in [3.63, 3.8) is 0 Å². The average Bonchev–Trinajstić information content (AvgIpc) is 2.87. The lowest BCUT2D eigenvalue weighted by molar-refractivity contribution is -0.129. The minimum Gasteiger partial charge on any atom is -0.493 e. The predicted octanol–water partition coefficient (Wildman–Crippen LogP) is 1.58. The minimum atomic E-state index is 0.162. The molecular formula is C15H22N2O2. The van der Waals surface area contributed by atoms with Gasteiger partial charge in [-0.1, -0.05) is 12.1 Å². The molecule has 1 aromatic rings. The van der Waals surface area contributed by atoms with Gasteiger partial charge in [0.2, 0.25) is 5.91 Å². The van der Waals surface area contributed by atoms with E-state index in [-0.39, 0.29) is 5.91 Å². The molecule has 0 aromatic heterocycles. The molecule has 0 radical (unpaired) electrons. The Morgan fingerprint density at radius 2 is 2.16 bits per heavy atom. The Bertz CT molecular complexity index is 442. The Balaban J connectivity index is 1.81. The fourth-order valence-corrected chi connectivity index (χ4v) is 2.35. The third kappa shape index (κ3) is 3.47. The fraction of sp³-hybridized carbons (Fsp3) is 0.533. The van der Waals surface area contributed by atoms with Crippen molar-refractivity contribution in [2.24, 2.45) is 0 Å². The highest BCUT2D eigenvalue weighted by atomic mass is 16.5. The maximum absolute atomic E-state index is 11.8. The summed E-state index contributed by atoms with van der Waals surface area (Å²) < 4.78 is 5.48. The molecule has 1 heterocycles. The van der Waals surface area contributed by atoms with E-state index in [1.54, 1.807) is 0 Å². The first kappa shape index (κ1) is 13.9. The lowest BCUT2D eigenvalue weighted by Crippen LogP contribution is -2.37. The molecule has 4 heteroatoms. The van der Waals surface area contributed by atoms with Crippen LogP contribution in [-0.4, -0.2) is 37.0 Å². The van der Waals surface area contributed by atoms with Crippen LogP contribution in [0.1, 0.15) is 25.0 Å². The molecule has 0 saturated heterocycles. The number of carbonyl (C=O) groups excluding carboxylic acids is 1. The first-order chi connectivity index (χ1) is 9.24. The van der Waals surface area contributed by atoms with Crippen LogP contribution in [0.15, 0.2) is 18.2 Å². The van der Waals surface area contributed by atoms with Crippen LogP contribution in [0.5, 0.6) is 5.75 Å². The summed E-state index contributed by atoms with van der Waals surface area (Å²) in [6, 6.07) is 6.24. The summed E-state index contributed by atoms with van der Waals surface area (Å²) in [5.41, 5.74) is 2.48. The second-order valence-electron chi connectivity index (χ2n) is 4.71. The molecule has 0 aliphatic carbocycles. The number of ether oxygens (including phenoxy) is 1. The second-order valence-corrected chi connectivity index (χ2v) is 4.71. The SMILES string of the molecule is CCN(CC)C(=O)CNCc1ccc2c(c1)CCO2. The predicted molar refractivity (Wildman–Crippen MR) is 75.3 cm³/mol. The van der Waals surface area contributed by atoms with Crippen LogP contribution in [0.2, 0.25) is 0 Å². The average molecular weight is 262 g/mol. The van der Waals surface area contributed by atoms with Gasteiger partial charge in [-0.3, -0.25) is 4.79 Å². The van der Waals surface area contributed by atoms with E-state index in [9.17, 15) is 4.79 Å². The monoisotopic (exact) mass is 262 g/mol. The molecule has 1 aliphatic heterocycles. The quantitative estimate of drug-likeness (QED) is 0.846. The van der Waals surface area contributed by atoms with Gasteiger partial charge >= 0.3 is 0 Å². The Labute approximate surface area is 114 Å². The zero-order chi connectivity index (χ0) is 13.7. The van der Waals surface area contributed by atoms with Crippen molar-refractivity contribution in [2.45, 2.75) is 26.8 Å². The van der Waals surface area contributed by atoms with Crippen LogP contribution in [0.3, 0.4) is 0 Å². The number of benzene rings is 1. The van der Waals surface area contributed by atoms with E-state index in [4.69, 9.17) is 4.74 Å². The molecule has 19 heavy (non-hydrogen) atoms. The van der Waals surface area contributed by atoms with E-state index < -0.39 is 0 Å². The van der Waals surface area contributed by atoms with Crippen molar-refractivity contribution in [3.05, 3.63) is 29.3 Å². The highest BCUT2D eigenvalue weighted by Gasteiger charge is 2.12. The number of likely N-dealkylation sites (N-methyl/N-ethyl adjacent to an activating group) is 1.